The summed E-state index contributed by atoms with van der Waals surface area (Å²) in [5, 5.41) is 1.62. The number of ether oxygens (including phenoxy) is 1. The quantitative estimate of drug-likeness (QED) is 0.434. The van der Waals surface area contributed by atoms with Crippen LogP contribution in [-0.4, -0.2) is 22.1 Å². The standard InChI is InChI=1S/C26H22ClN3O3S/c1-4-33-25(32)22-15(3)29-26-30(23(22)16-9-11-17(27)12-10-16)24(31)21(34-26)13-19-14(2)28-20-8-6-5-7-18(19)20/h5-13,23,28H,4H2,1-3H3/b21-13+/t23-/m1/s1. The molecule has 0 fully saturated rings. The number of rotatable bonds is 4. The summed E-state index contributed by atoms with van der Waals surface area (Å²) in [7, 11) is 0. The van der Waals surface area contributed by atoms with E-state index in [0.29, 0.717) is 25.6 Å². The molecular formula is C26H22ClN3O3S. The molecule has 4 aromatic rings. The van der Waals surface area contributed by atoms with Crippen molar-refractivity contribution in [2.45, 2.75) is 26.8 Å². The Morgan fingerprint density at radius 1 is 1.21 bits per heavy atom. The summed E-state index contributed by atoms with van der Waals surface area (Å²) in [6.07, 6.45) is 1.90. The van der Waals surface area contributed by atoms with E-state index in [0.717, 1.165) is 27.7 Å². The Morgan fingerprint density at radius 3 is 2.68 bits per heavy atom. The van der Waals surface area contributed by atoms with Gasteiger partial charge in [-0.15, -0.1) is 0 Å². The van der Waals surface area contributed by atoms with Crippen LogP contribution in [0.15, 0.2) is 69.6 Å². The number of carbonyl (C=O) groups excluding carboxylic acids is 1. The maximum Gasteiger partial charge on any atom is 0.338 e. The van der Waals surface area contributed by atoms with Gasteiger partial charge >= 0.3 is 5.97 Å². The molecule has 0 saturated heterocycles. The number of halogens is 1. The molecule has 0 unspecified atom stereocenters. The number of esters is 1. The number of aromatic nitrogens is 2. The van der Waals surface area contributed by atoms with E-state index in [9.17, 15) is 9.59 Å². The van der Waals surface area contributed by atoms with E-state index < -0.39 is 12.0 Å². The molecule has 0 saturated carbocycles. The minimum absolute atomic E-state index is 0.206. The van der Waals surface area contributed by atoms with Crippen LogP contribution in [0.25, 0.3) is 17.0 Å². The summed E-state index contributed by atoms with van der Waals surface area (Å²) in [4.78, 5) is 35.2. The Hall–Kier alpha value is -3.42. The number of thiazole rings is 1. The van der Waals surface area contributed by atoms with Crippen molar-refractivity contribution < 1.29 is 9.53 Å². The number of carbonyl (C=O) groups is 1. The first kappa shape index (κ1) is 22.4. The Balaban J connectivity index is 1.76. The summed E-state index contributed by atoms with van der Waals surface area (Å²) in [6.45, 7) is 5.75. The van der Waals surface area contributed by atoms with Crippen LogP contribution in [0.3, 0.4) is 0 Å². The molecule has 5 rings (SSSR count). The minimum atomic E-state index is -0.654. The van der Waals surface area contributed by atoms with E-state index in [-0.39, 0.29) is 12.2 Å². The monoisotopic (exact) mass is 491 g/mol. The summed E-state index contributed by atoms with van der Waals surface area (Å²) < 4.78 is 7.46. The highest BCUT2D eigenvalue weighted by molar-refractivity contribution is 7.07. The second-order valence-corrected chi connectivity index (χ2v) is 9.51. The number of aryl methyl sites for hydroxylation is 1. The number of H-pyrrole nitrogens is 1. The molecule has 2 aromatic carbocycles. The molecule has 1 aliphatic rings. The zero-order valence-corrected chi connectivity index (χ0v) is 20.5. The van der Waals surface area contributed by atoms with Crippen molar-refractivity contribution in [1.82, 2.24) is 9.55 Å². The number of nitrogens with zero attached hydrogens (tertiary/aromatic N) is 2. The van der Waals surface area contributed by atoms with E-state index in [1.807, 2.05) is 49.4 Å². The van der Waals surface area contributed by atoms with Crippen molar-refractivity contribution in [1.29, 1.82) is 0 Å². The fourth-order valence-electron chi connectivity index (χ4n) is 4.37. The van der Waals surface area contributed by atoms with Crippen LogP contribution >= 0.6 is 22.9 Å². The van der Waals surface area contributed by atoms with Gasteiger partial charge in [0, 0.05) is 27.2 Å². The van der Waals surface area contributed by atoms with Crippen molar-refractivity contribution in [2.75, 3.05) is 6.61 Å². The molecule has 0 spiro atoms. The van der Waals surface area contributed by atoms with Crippen molar-refractivity contribution in [2.24, 2.45) is 4.99 Å². The van der Waals surface area contributed by atoms with Gasteiger partial charge in [0.2, 0.25) is 0 Å². The lowest BCUT2D eigenvalue weighted by Crippen LogP contribution is -2.39. The SMILES string of the molecule is CCOC(=O)C1=C(C)N=c2s/c(=C/c3c(C)[nH]c4ccccc34)c(=O)n2[C@@H]1c1ccc(Cl)cc1. The lowest BCUT2D eigenvalue weighted by atomic mass is 9.96. The number of allylic oxidation sites excluding steroid dienone is 1. The van der Waals surface area contributed by atoms with Crippen LogP contribution in [0, 0.1) is 6.92 Å². The lowest BCUT2D eigenvalue weighted by Gasteiger charge is -2.24. The zero-order chi connectivity index (χ0) is 24.0. The van der Waals surface area contributed by atoms with Gasteiger partial charge in [-0.25, -0.2) is 9.79 Å². The second kappa shape index (κ2) is 8.74. The normalized spacial score (nSPS) is 16.0. The fourth-order valence-corrected chi connectivity index (χ4v) is 5.52. The molecule has 1 atom stereocenters. The number of aromatic amines is 1. The Bertz CT molecular complexity index is 1640. The molecule has 1 N–H and O–H groups in total. The molecular weight excluding hydrogens is 470 g/mol. The molecule has 2 aromatic heterocycles. The third-order valence-corrected chi connectivity index (χ3v) is 7.16. The van der Waals surface area contributed by atoms with Gasteiger partial charge in [0.25, 0.3) is 5.56 Å². The highest BCUT2D eigenvalue weighted by atomic mass is 35.5. The summed E-state index contributed by atoms with van der Waals surface area (Å²) >= 11 is 7.42. The maximum atomic E-state index is 13.7. The van der Waals surface area contributed by atoms with Crippen molar-refractivity contribution in [3.63, 3.8) is 0 Å². The molecule has 0 bridgehead atoms. The van der Waals surface area contributed by atoms with Crippen LogP contribution in [0.5, 0.6) is 0 Å². The second-order valence-electron chi connectivity index (χ2n) is 8.06. The van der Waals surface area contributed by atoms with Gasteiger partial charge in [0.1, 0.15) is 0 Å². The van der Waals surface area contributed by atoms with Crippen LogP contribution < -0.4 is 14.9 Å². The number of benzene rings is 2. The molecule has 0 radical (unpaired) electrons. The Labute approximate surface area is 204 Å². The van der Waals surface area contributed by atoms with Crippen LogP contribution in [0.2, 0.25) is 5.02 Å². The average molecular weight is 492 g/mol. The topological polar surface area (TPSA) is 76.4 Å². The van der Waals surface area contributed by atoms with Crippen LogP contribution in [-0.2, 0) is 9.53 Å². The molecule has 3 heterocycles. The molecule has 34 heavy (non-hydrogen) atoms. The zero-order valence-electron chi connectivity index (χ0n) is 18.9. The predicted octanol–water partition coefficient (Wildman–Crippen LogP) is 4.24. The Morgan fingerprint density at radius 2 is 1.94 bits per heavy atom. The van der Waals surface area contributed by atoms with Crippen molar-refractivity contribution in [3.8, 4) is 0 Å². The van der Waals surface area contributed by atoms with Crippen molar-refractivity contribution >= 4 is 45.9 Å². The molecule has 8 heteroatoms. The van der Waals surface area contributed by atoms with Gasteiger partial charge in [0.15, 0.2) is 4.80 Å². The lowest BCUT2D eigenvalue weighted by molar-refractivity contribution is -0.139. The largest absolute Gasteiger partial charge is 0.463 e. The van der Waals surface area contributed by atoms with Gasteiger partial charge in [-0.3, -0.25) is 9.36 Å². The third kappa shape index (κ3) is 3.71. The highest BCUT2D eigenvalue weighted by Crippen LogP contribution is 2.31. The Kier molecular flexibility index (Phi) is 5.75. The van der Waals surface area contributed by atoms with Crippen molar-refractivity contribution in [3.05, 3.63) is 101 Å². The van der Waals surface area contributed by atoms with Gasteiger partial charge in [0.05, 0.1) is 28.5 Å². The number of hydrogen-bond acceptors (Lipinski definition) is 5. The first-order valence-electron chi connectivity index (χ1n) is 10.9. The van der Waals surface area contributed by atoms with Crippen LogP contribution in [0.1, 0.15) is 36.7 Å². The molecule has 0 amide bonds. The van der Waals surface area contributed by atoms with Gasteiger partial charge in [-0.05, 0) is 50.6 Å². The molecule has 1 aliphatic heterocycles. The van der Waals surface area contributed by atoms with E-state index in [1.54, 1.807) is 30.5 Å². The first-order chi connectivity index (χ1) is 16.4. The molecule has 172 valence electrons. The van der Waals surface area contributed by atoms with E-state index in [2.05, 4.69) is 9.98 Å². The van der Waals surface area contributed by atoms with Crippen LogP contribution in [0.4, 0.5) is 0 Å². The molecule has 6 nitrogen and oxygen atoms in total. The third-order valence-electron chi connectivity index (χ3n) is 5.92. The number of hydrogen-bond donors (Lipinski definition) is 1. The maximum absolute atomic E-state index is 13.7. The summed E-state index contributed by atoms with van der Waals surface area (Å²) in [5.41, 5.74) is 4.40. The van der Waals surface area contributed by atoms with E-state index >= 15 is 0 Å². The van der Waals surface area contributed by atoms with E-state index in [4.69, 9.17) is 16.3 Å². The highest BCUT2D eigenvalue weighted by Gasteiger charge is 2.33. The predicted molar refractivity (Wildman–Crippen MR) is 135 cm³/mol. The summed E-state index contributed by atoms with van der Waals surface area (Å²) in [6, 6.07) is 14.5. The minimum Gasteiger partial charge on any atom is -0.463 e. The van der Waals surface area contributed by atoms with Gasteiger partial charge in [-0.2, -0.15) is 0 Å². The smallest absolute Gasteiger partial charge is 0.338 e. The summed E-state index contributed by atoms with van der Waals surface area (Å²) in [5.74, 6) is -0.481. The first-order valence-corrected chi connectivity index (χ1v) is 12.1. The fraction of sp³-hybridized carbons (Fsp3) is 0.192. The average Bonchev–Trinajstić information content (AvgIpc) is 3.29. The number of para-hydroxylation sites is 1. The van der Waals surface area contributed by atoms with Gasteiger partial charge < -0.3 is 9.72 Å². The number of nitrogens with one attached hydrogen (secondary N) is 1. The van der Waals surface area contributed by atoms with E-state index in [1.165, 1.54) is 11.3 Å². The molecule has 0 aliphatic carbocycles. The van der Waals surface area contributed by atoms with Gasteiger partial charge in [-0.1, -0.05) is 53.3 Å². The number of fused-ring (bicyclic) bond motifs is 2.